The topological polar surface area (TPSA) is 33.5 Å². The lowest BCUT2D eigenvalue weighted by Gasteiger charge is -2.16. The van der Waals surface area contributed by atoms with Gasteiger partial charge in [0, 0.05) is 16.3 Å². The van der Waals surface area contributed by atoms with Gasteiger partial charge in [0.1, 0.15) is 6.54 Å². The van der Waals surface area contributed by atoms with Crippen LogP contribution in [0.15, 0.2) is 36.4 Å². The monoisotopic (exact) mass is 331 g/mol. The number of aryl methyl sites for hydroxylation is 3. The highest BCUT2D eigenvalue weighted by Gasteiger charge is 2.14. The molecular formula is C19H24ClN2O+. The molecule has 1 amide bonds. The van der Waals surface area contributed by atoms with Gasteiger partial charge in [0.25, 0.3) is 5.91 Å². The van der Waals surface area contributed by atoms with Crippen LogP contribution in [-0.2, 0) is 11.3 Å². The van der Waals surface area contributed by atoms with Crippen LogP contribution in [0.1, 0.15) is 22.3 Å². The van der Waals surface area contributed by atoms with E-state index < -0.39 is 0 Å². The van der Waals surface area contributed by atoms with Crippen molar-refractivity contribution in [3.05, 3.63) is 63.7 Å². The number of carbonyl (C=O) groups is 1. The van der Waals surface area contributed by atoms with Gasteiger partial charge in [-0.05, 0) is 38.0 Å². The Bertz CT molecular complexity index is 689. The Kier molecular flexibility index (Phi) is 5.80. The molecule has 2 aromatic carbocycles. The largest absolute Gasteiger partial charge is 0.326 e. The zero-order valence-electron chi connectivity index (χ0n) is 14.2. The van der Waals surface area contributed by atoms with E-state index in [2.05, 4.69) is 24.4 Å². The number of benzene rings is 2. The summed E-state index contributed by atoms with van der Waals surface area (Å²) in [5, 5.41) is 3.79. The van der Waals surface area contributed by atoms with Crippen LogP contribution in [0, 0.1) is 20.8 Å². The predicted octanol–water partition coefficient (Wildman–Crippen LogP) is 2.92. The predicted molar refractivity (Wildman–Crippen MR) is 96.2 cm³/mol. The lowest BCUT2D eigenvalue weighted by molar-refractivity contribution is -0.885. The first kappa shape index (κ1) is 17.5. The number of quaternary nitrogens is 1. The van der Waals surface area contributed by atoms with Crippen molar-refractivity contribution in [2.75, 3.05) is 18.9 Å². The molecule has 0 aliphatic carbocycles. The maximum absolute atomic E-state index is 12.3. The quantitative estimate of drug-likeness (QED) is 0.867. The van der Waals surface area contributed by atoms with Crippen LogP contribution in [-0.4, -0.2) is 19.5 Å². The van der Waals surface area contributed by atoms with Crippen molar-refractivity contribution in [1.82, 2.24) is 0 Å². The highest BCUT2D eigenvalue weighted by atomic mass is 35.5. The van der Waals surface area contributed by atoms with Crippen LogP contribution in [0.25, 0.3) is 0 Å². The minimum absolute atomic E-state index is 0.0182. The number of carbonyl (C=O) groups excluding carboxylic acids is 1. The van der Waals surface area contributed by atoms with Crippen molar-refractivity contribution in [3.63, 3.8) is 0 Å². The third-order valence-electron chi connectivity index (χ3n) is 3.85. The van der Waals surface area contributed by atoms with E-state index in [1.54, 1.807) is 0 Å². The summed E-state index contributed by atoms with van der Waals surface area (Å²) in [6, 6.07) is 11.9. The molecule has 2 rings (SSSR count). The molecule has 3 nitrogen and oxygen atoms in total. The molecule has 0 aromatic heterocycles. The summed E-state index contributed by atoms with van der Waals surface area (Å²) in [6.07, 6.45) is 0. The average molecular weight is 332 g/mol. The first-order valence-corrected chi connectivity index (χ1v) is 8.17. The first-order valence-electron chi connectivity index (χ1n) is 7.79. The van der Waals surface area contributed by atoms with Crippen molar-refractivity contribution >= 4 is 23.2 Å². The Morgan fingerprint density at radius 1 is 1.13 bits per heavy atom. The highest BCUT2D eigenvalue weighted by molar-refractivity contribution is 6.31. The molecule has 0 bridgehead atoms. The van der Waals surface area contributed by atoms with Crippen molar-refractivity contribution in [3.8, 4) is 0 Å². The van der Waals surface area contributed by atoms with Crippen LogP contribution >= 0.6 is 11.6 Å². The normalized spacial score (nSPS) is 12.0. The molecule has 0 aliphatic rings. The number of hydrogen-bond donors (Lipinski definition) is 2. The lowest BCUT2D eigenvalue weighted by Crippen LogP contribution is -3.08. The zero-order valence-corrected chi connectivity index (χ0v) is 14.9. The molecule has 0 spiro atoms. The molecule has 122 valence electrons. The van der Waals surface area contributed by atoms with Crippen LogP contribution in [0.4, 0.5) is 5.69 Å². The molecule has 0 saturated heterocycles. The Morgan fingerprint density at radius 3 is 2.35 bits per heavy atom. The minimum atomic E-state index is 0.0182. The Hall–Kier alpha value is -1.84. The van der Waals surface area contributed by atoms with Gasteiger partial charge in [-0.25, -0.2) is 0 Å². The molecule has 23 heavy (non-hydrogen) atoms. The molecule has 2 aromatic rings. The van der Waals surface area contributed by atoms with Gasteiger partial charge in [0.15, 0.2) is 6.54 Å². The summed E-state index contributed by atoms with van der Waals surface area (Å²) in [5.41, 5.74) is 5.38. The molecule has 0 fully saturated rings. The van der Waals surface area contributed by atoms with Crippen molar-refractivity contribution < 1.29 is 9.69 Å². The molecular weight excluding hydrogens is 308 g/mol. The summed E-state index contributed by atoms with van der Waals surface area (Å²) in [4.78, 5) is 13.4. The van der Waals surface area contributed by atoms with E-state index in [9.17, 15) is 4.79 Å². The van der Waals surface area contributed by atoms with E-state index in [1.807, 2.05) is 45.2 Å². The van der Waals surface area contributed by atoms with E-state index in [0.29, 0.717) is 6.54 Å². The summed E-state index contributed by atoms with van der Waals surface area (Å²) in [5.74, 6) is 0.0182. The molecule has 0 saturated carbocycles. The fourth-order valence-corrected chi connectivity index (χ4v) is 3.07. The second-order valence-corrected chi connectivity index (χ2v) is 6.63. The number of anilines is 1. The smallest absolute Gasteiger partial charge is 0.279 e. The average Bonchev–Trinajstić information content (AvgIpc) is 2.45. The fourth-order valence-electron chi connectivity index (χ4n) is 2.86. The Morgan fingerprint density at radius 2 is 1.74 bits per heavy atom. The number of rotatable bonds is 5. The van der Waals surface area contributed by atoms with Crippen LogP contribution in [0.5, 0.6) is 0 Å². The molecule has 1 atom stereocenters. The number of hydrogen-bond acceptors (Lipinski definition) is 1. The van der Waals surface area contributed by atoms with E-state index >= 15 is 0 Å². The number of likely N-dealkylation sites (N-methyl/N-ethyl adjacent to an activating group) is 1. The zero-order chi connectivity index (χ0) is 17.0. The summed E-state index contributed by atoms with van der Waals surface area (Å²) < 4.78 is 0. The second-order valence-electron chi connectivity index (χ2n) is 6.22. The molecule has 2 N–H and O–H groups in total. The molecule has 0 radical (unpaired) electrons. The highest BCUT2D eigenvalue weighted by Crippen LogP contribution is 2.21. The number of halogens is 1. The van der Waals surface area contributed by atoms with Gasteiger partial charge < -0.3 is 10.2 Å². The van der Waals surface area contributed by atoms with Gasteiger partial charge in [-0.2, -0.15) is 0 Å². The minimum Gasteiger partial charge on any atom is -0.326 e. The Labute approximate surface area is 143 Å². The summed E-state index contributed by atoms with van der Waals surface area (Å²) in [6.45, 7) is 7.23. The molecule has 4 heteroatoms. The third-order valence-corrected chi connectivity index (χ3v) is 4.22. The van der Waals surface area contributed by atoms with Gasteiger partial charge in [0.2, 0.25) is 0 Å². The summed E-state index contributed by atoms with van der Waals surface area (Å²) >= 11 is 6.18. The second kappa shape index (κ2) is 7.62. The summed E-state index contributed by atoms with van der Waals surface area (Å²) in [7, 11) is 2.00. The first-order chi connectivity index (χ1) is 10.9. The molecule has 0 aliphatic heterocycles. The van der Waals surface area contributed by atoms with Gasteiger partial charge in [-0.3, -0.25) is 4.79 Å². The number of nitrogens with one attached hydrogen (secondary N) is 2. The maximum Gasteiger partial charge on any atom is 0.279 e. The van der Waals surface area contributed by atoms with Gasteiger partial charge >= 0.3 is 0 Å². The fraction of sp³-hybridized carbons (Fsp3) is 0.316. The van der Waals surface area contributed by atoms with Crippen molar-refractivity contribution in [1.29, 1.82) is 0 Å². The van der Waals surface area contributed by atoms with Gasteiger partial charge in [0.05, 0.1) is 7.05 Å². The van der Waals surface area contributed by atoms with Gasteiger partial charge in [-0.15, -0.1) is 0 Å². The van der Waals surface area contributed by atoms with Crippen molar-refractivity contribution in [2.24, 2.45) is 0 Å². The van der Waals surface area contributed by atoms with Crippen molar-refractivity contribution in [2.45, 2.75) is 27.3 Å². The van der Waals surface area contributed by atoms with E-state index in [-0.39, 0.29) is 5.91 Å². The lowest BCUT2D eigenvalue weighted by atomic mass is 10.1. The van der Waals surface area contributed by atoms with Crippen LogP contribution in [0.3, 0.4) is 0 Å². The maximum atomic E-state index is 12.3. The number of amides is 1. The Balaban J connectivity index is 1.98. The molecule has 0 heterocycles. The third kappa shape index (κ3) is 4.81. The van der Waals surface area contributed by atoms with E-state index in [4.69, 9.17) is 11.6 Å². The van der Waals surface area contributed by atoms with E-state index in [1.165, 1.54) is 5.56 Å². The van der Waals surface area contributed by atoms with Gasteiger partial charge in [-0.1, -0.05) is 47.5 Å². The standard InChI is InChI=1S/C19H23ClN2O/c1-13-9-14(2)19(15(3)10-13)21-18(23)12-22(4)11-16-7-5-6-8-17(16)20/h5-10H,11-12H2,1-4H3,(H,21,23)/p+1. The van der Waals surface area contributed by atoms with E-state index in [0.717, 1.165) is 38.8 Å². The SMILES string of the molecule is Cc1cc(C)c(NC(=O)C[NH+](C)Cc2ccccc2Cl)c(C)c1. The molecule has 1 unspecified atom stereocenters. The van der Waals surface area contributed by atoms with Crippen LogP contribution in [0.2, 0.25) is 5.02 Å². The van der Waals surface area contributed by atoms with Crippen LogP contribution < -0.4 is 10.2 Å².